The van der Waals surface area contributed by atoms with E-state index in [9.17, 15) is 4.79 Å². The summed E-state index contributed by atoms with van der Waals surface area (Å²) in [6.45, 7) is 2.25. The molecule has 116 valence electrons. The summed E-state index contributed by atoms with van der Waals surface area (Å²) in [5.74, 6) is 1.11. The van der Waals surface area contributed by atoms with Gasteiger partial charge in [-0.3, -0.25) is 9.78 Å². The molecule has 0 spiro atoms. The van der Waals surface area contributed by atoms with E-state index in [4.69, 9.17) is 4.42 Å². The van der Waals surface area contributed by atoms with Crippen molar-refractivity contribution in [1.82, 2.24) is 20.3 Å². The van der Waals surface area contributed by atoms with Crippen molar-refractivity contribution in [3.63, 3.8) is 0 Å². The Balaban J connectivity index is 1.66. The average Bonchev–Trinajstić information content (AvgIpc) is 2.97. The molecule has 0 fully saturated rings. The first kappa shape index (κ1) is 14.9. The monoisotopic (exact) mass is 308 g/mol. The van der Waals surface area contributed by atoms with E-state index >= 15 is 0 Å². The van der Waals surface area contributed by atoms with Crippen molar-refractivity contribution in [3.8, 4) is 11.3 Å². The number of rotatable bonds is 5. The first-order chi connectivity index (χ1) is 11.2. The number of aromatic nitrogens is 3. The Morgan fingerprint density at radius 1 is 1.22 bits per heavy atom. The zero-order chi connectivity index (χ0) is 16.1. The van der Waals surface area contributed by atoms with Crippen LogP contribution in [0.2, 0.25) is 0 Å². The van der Waals surface area contributed by atoms with Crippen LogP contribution in [0.4, 0.5) is 0 Å². The number of amides is 1. The number of aryl methyl sites for hydroxylation is 1. The summed E-state index contributed by atoms with van der Waals surface area (Å²) >= 11 is 0. The molecule has 2 heterocycles. The molecular formula is C17H16N4O2. The molecule has 0 bridgehead atoms. The normalized spacial score (nSPS) is 10.5. The molecule has 1 aromatic carbocycles. The number of carbonyl (C=O) groups excluding carboxylic acids is 1. The molecule has 0 aliphatic carbocycles. The summed E-state index contributed by atoms with van der Waals surface area (Å²) < 4.78 is 5.67. The zero-order valence-electron chi connectivity index (χ0n) is 12.7. The van der Waals surface area contributed by atoms with Crippen LogP contribution in [0.15, 0.2) is 53.3 Å². The van der Waals surface area contributed by atoms with Crippen LogP contribution in [-0.2, 0) is 6.42 Å². The maximum Gasteiger partial charge on any atom is 0.271 e. The molecule has 6 nitrogen and oxygen atoms in total. The van der Waals surface area contributed by atoms with Crippen LogP contribution in [0.3, 0.4) is 0 Å². The van der Waals surface area contributed by atoms with Gasteiger partial charge in [0.25, 0.3) is 5.91 Å². The van der Waals surface area contributed by atoms with E-state index in [-0.39, 0.29) is 5.91 Å². The quantitative estimate of drug-likeness (QED) is 0.783. The van der Waals surface area contributed by atoms with Crippen molar-refractivity contribution >= 4 is 5.91 Å². The summed E-state index contributed by atoms with van der Waals surface area (Å²) in [6, 6.07) is 9.84. The second kappa shape index (κ2) is 6.83. The first-order valence-electron chi connectivity index (χ1n) is 7.30. The second-order valence-corrected chi connectivity index (χ2v) is 4.97. The molecule has 1 amide bonds. The van der Waals surface area contributed by atoms with Crippen LogP contribution in [0.5, 0.6) is 0 Å². The summed E-state index contributed by atoms with van der Waals surface area (Å²) in [6.07, 6.45) is 5.00. The van der Waals surface area contributed by atoms with Crippen LogP contribution in [-0.4, -0.2) is 27.4 Å². The number of nitrogens with zero attached hydrogens (tertiary/aromatic N) is 3. The minimum atomic E-state index is -0.254. The topological polar surface area (TPSA) is 80.9 Å². The van der Waals surface area contributed by atoms with Gasteiger partial charge in [-0.15, -0.1) is 0 Å². The Bertz CT molecular complexity index is 785. The lowest BCUT2D eigenvalue weighted by Crippen LogP contribution is -2.26. The molecule has 0 aliphatic heterocycles. The Labute approximate surface area is 133 Å². The maximum atomic E-state index is 11.9. The van der Waals surface area contributed by atoms with Gasteiger partial charge in [0.15, 0.2) is 5.89 Å². The van der Waals surface area contributed by atoms with Crippen LogP contribution in [0, 0.1) is 6.92 Å². The standard InChI is InChI=1S/C17H16N4O2/c1-12-21-16(13-5-3-2-4-6-13)15(23-12)7-8-20-17(22)14-11-18-9-10-19-14/h2-6,9-11H,7-8H2,1H3,(H,20,22). The van der Waals surface area contributed by atoms with E-state index in [1.807, 2.05) is 37.3 Å². The zero-order valence-corrected chi connectivity index (χ0v) is 12.7. The van der Waals surface area contributed by atoms with Crippen molar-refractivity contribution in [2.24, 2.45) is 0 Å². The molecule has 0 aliphatic rings. The van der Waals surface area contributed by atoms with Gasteiger partial charge in [-0.05, 0) is 0 Å². The van der Waals surface area contributed by atoms with Crippen LogP contribution in [0.1, 0.15) is 22.1 Å². The number of carbonyl (C=O) groups is 1. The molecule has 23 heavy (non-hydrogen) atoms. The van der Waals surface area contributed by atoms with Crippen molar-refractivity contribution in [1.29, 1.82) is 0 Å². The van der Waals surface area contributed by atoms with Gasteiger partial charge in [0.1, 0.15) is 17.1 Å². The molecule has 3 rings (SSSR count). The molecule has 6 heteroatoms. The fraction of sp³-hybridized carbons (Fsp3) is 0.176. The summed E-state index contributed by atoms with van der Waals surface area (Å²) in [5.41, 5.74) is 2.11. The third-order valence-electron chi connectivity index (χ3n) is 3.28. The molecule has 2 aromatic heterocycles. The number of hydrogen-bond donors (Lipinski definition) is 1. The Kier molecular flexibility index (Phi) is 4.42. The molecule has 0 unspecified atom stereocenters. The largest absolute Gasteiger partial charge is 0.445 e. The number of nitrogens with one attached hydrogen (secondary N) is 1. The van der Waals surface area contributed by atoms with Crippen LogP contribution >= 0.6 is 0 Å². The highest BCUT2D eigenvalue weighted by Crippen LogP contribution is 2.23. The van der Waals surface area contributed by atoms with Crippen molar-refractivity contribution in [3.05, 3.63) is 66.3 Å². The van der Waals surface area contributed by atoms with Gasteiger partial charge in [0.2, 0.25) is 0 Å². The minimum absolute atomic E-state index is 0.254. The highest BCUT2D eigenvalue weighted by molar-refractivity contribution is 5.91. The molecule has 0 atom stereocenters. The predicted octanol–water partition coefficient (Wildman–Crippen LogP) is 2.41. The highest BCUT2D eigenvalue weighted by Gasteiger charge is 2.13. The van der Waals surface area contributed by atoms with Crippen molar-refractivity contribution in [2.75, 3.05) is 6.54 Å². The molecule has 3 aromatic rings. The van der Waals surface area contributed by atoms with E-state index in [0.29, 0.717) is 24.6 Å². The van der Waals surface area contributed by atoms with E-state index < -0.39 is 0 Å². The SMILES string of the molecule is Cc1nc(-c2ccccc2)c(CCNC(=O)c2cnccn2)o1. The van der Waals surface area contributed by atoms with Gasteiger partial charge in [0, 0.05) is 37.8 Å². The van der Waals surface area contributed by atoms with Gasteiger partial charge in [-0.1, -0.05) is 30.3 Å². The van der Waals surface area contributed by atoms with Gasteiger partial charge < -0.3 is 9.73 Å². The average molecular weight is 308 g/mol. The molecular weight excluding hydrogens is 292 g/mol. The summed E-state index contributed by atoms with van der Waals surface area (Å²) in [7, 11) is 0. The lowest BCUT2D eigenvalue weighted by atomic mass is 10.1. The van der Waals surface area contributed by atoms with E-state index in [2.05, 4.69) is 20.3 Å². The second-order valence-electron chi connectivity index (χ2n) is 4.97. The molecule has 0 saturated heterocycles. The Morgan fingerprint density at radius 2 is 2.04 bits per heavy atom. The van der Waals surface area contributed by atoms with Gasteiger partial charge in [-0.25, -0.2) is 9.97 Å². The highest BCUT2D eigenvalue weighted by atomic mass is 16.4. The molecule has 0 radical (unpaired) electrons. The number of benzene rings is 1. The van der Waals surface area contributed by atoms with Crippen LogP contribution in [0.25, 0.3) is 11.3 Å². The molecule has 1 N–H and O–H groups in total. The summed E-state index contributed by atoms with van der Waals surface area (Å²) in [5, 5.41) is 2.81. The lowest BCUT2D eigenvalue weighted by Gasteiger charge is -2.04. The Hall–Kier alpha value is -3.02. The van der Waals surface area contributed by atoms with E-state index in [0.717, 1.165) is 17.0 Å². The lowest BCUT2D eigenvalue weighted by molar-refractivity contribution is 0.0948. The number of oxazole rings is 1. The van der Waals surface area contributed by atoms with E-state index in [1.54, 1.807) is 0 Å². The van der Waals surface area contributed by atoms with E-state index in [1.165, 1.54) is 18.6 Å². The van der Waals surface area contributed by atoms with Crippen molar-refractivity contribution in [2.45, 2.75) is 13.3 Å². The van der Waals surface area contributed by atoms with Gasteiger partial charge in [-0.2, -0.15) is 0 Å². The Morgan fingerprint density at radius 3 is 2.78 bits per heavy atom. The maximum absolute atomic E-state index is 11.9. The predicted molar refractivity (Wildman–Crippen MR) is 84.7 cm³/mol. The van der Waals surface area contributed by atoms with Gasteiger partial charge in [0.05, 0.1) is 6.20 Å². The first-order valence-corrected chi connectivity index (χ1v) is 7.30. The van der Waals surface area contributed by atoms with Crippen LogP contribution < -0.4 is 5.32 Å². The smallest absolute Gasteiger partial charge is 0.271 e. The fourth-order valence-corrected chi connectivity index (χ4v) is 2.26. The fourth-order valence-electron chi connectivity index (χ4n) is 2.26. The third kappa shape index (κ3) is 3.60. The molecule has 0 saturated carbocycles. The van der Waals surface area contributed by atoms with Gasteiger partial charge >= 0.3 is 0 Å². The summed E-state index contributed by atoms with van der Waals surface area (Å²) in [4.78, 5) is 24.2. The minimum Gasteiger partial charge on any atom is -0.445 e. The number of hydrogen-bond acceptors (Lipinski definition) is 5. The third-order valence-corrected chi connectivity index (χ3v) is 3.28. The van der Waals surface area contributed by atoms with Crippen molar-refractivity contribution < 1.29 is 9.21 Å².